The third-order valence-electron chi connectivity index (χ3n) is 3.02. The highest BCUT2D eigenvalue weighted by molar-refractivity contribution is 5.25. The largest absolute Gasteiger partial charge is 0.385 e. The molecule has 2 nitrogen and oxygen atoms in total. The molecule has 0 heterocycles. The van der Waals surface area contributed by atoms with Gasteiger partial charge in [-0.1, -0.05) is 37.6 Å². The fraction of sp³-hybridized carbons (Fsp3) is 0.571. The number of aryl methyl sites for hydroxylation is 1. The summed E-state index contributed by atoms with van der Waals surface area (Å²) in [4.78, 5) is 0. The SMILES string of the molecule is CCCc1ccc(C(O)C(C)(C)OC)cc1. The maximum Gasteiger partial charge on any atom is 0.107 e. The van der Waals surface area contributed by atoms with Gasteiger partial charge < -0.3 is 9.84 Å². The fourth-order valence-electron chi connectivity index (χ4n) is 1.67. The van der Waals surface area contributed by atoms with Crippen molar-refractivity contribution in [2.24, 2.45) is 0 Å². The Labute approximate surface area is 98.3 Å². The predicted molar refractivity (Wildman–Crippen MR) is 66.5 cm³/mol. The first-order chi connectivity index (χ1) is 7.51. The van der Waals surface area contributed by atoms with Crippen LogP contribution in [0.5, 0.6) is 0 Å². The molecule has 0 saturated heterocycles. The molecule has 0 radical (unpaired) electrons. The molecular formula is C14H22O2. The van der Waals surface area contributed by atoms with Crippen LogP contribution < -0.4 is 0 Å². The molecule has 1 rings (SSSR count). The maximum atomic E-state index is 10.1. The molecule has 0 saturated carbocycles. The van der Waals surface area contributed by atoms with Gasteiger partial charge in [-0.25, -0.2) is 0 Å². The lowest BCUT2D eigenvalue weighted by molar-refractivity contribution is -0.0793. The van der Waals surface area contributed by atoms with Crippen LogP contribution in [0, 0.1) is 0 Å². The quantitative estimate of drug-likeness (QED) is 0.829. The van der Waals surface area contributed by atoms with Gasteiger partial charge in [-0.3, -0.25) is 0 Å². The first-order valence-electron chi connectivity index (χ1n) is 5.83. The van der Waals surface area contributed by atoms with Crippen molar-refractivity contribution >= 4 is 0 Å². The van der Waals surface area contributed by atoms with Crippen molar-refractivity contribution in [1.29, 1.82) is 0 Å². The lowest BCUT2D eigenvalue weighted by atomic mass is 9.93. The summed E-state index contributed by atoms with van der Waals surface area (Å²) in [6.07, 6.45) is 1.64. The van der Waals surface area contributed by atoms with Crippen molar-refractivity contribution < 1.29 is 9.84 Å². The second kappa shape index (κ2) is 5.46. The van der Waals surface area contributed by atoms with Crippen LogP contribution in [-0.4, -0.2) is 17.8 Å². The lowest BCUT2D eigenvalue weighted by Crippen LogP contribution is -2.31. The van der Waals surface area contributed by atoms with Crippen LogP contribution in [0.4, 0.5) is 0 Å². The summed E-state index contributed by atoms with van der Waals surface area (Å²) in [5, 5.41) is 10.1. The second-order valence-electron chi connectivity index (χ2n) is 4.70. The highest BCUT2D eigenvalue weighted by Gasteiger charge is 2.28. The summed E-state index contributed by atoms with van der Waals surface area (Å²) in [5.74, 6) is 0. The molecule has 1 aromatic carbocycles. The Hall–Kier alpha value is -0.860. The molecule has 16 heavy (non-hydrogen) atoms. The zero-order valence-corrected chi connectivity index (χ0v) is 10.7. The molecule has 0 aliphatic rings. The normalized spacial score (nSPS) is 13.8. The molecule has 1 unspecified atom stereocenters. The van der Waals surface area contributed by atoms with E-state index in [9.17, 15) is 5.11 Å². The number of aliphatic hydroxyl groups excluding tert-OH is 1. The first-order valence-corrected chi connectivity index (χ1v) is 5.83. The number of hydrogen-bond acceptors (Lipinski definition) is 2. The summed E-state index contributed by atoms with van der Waals surface area (Å²) in [6, 6.07) is 8.12. The topological polar surface area (TPSA) is 29.5 Å². The van der Waals surface area contributed by atoms with Crippen molar-refractivity contribution in [3.05, 3.63) is 35.4 Å². The Bertz CT molecular complexity index is 314. The van der Waals surface area contributed by atoms with E-state index in [2.05, 4.69) is 19.1 Å². The molecule has 0 aliphatic heterocycles. The van der Waals surface area contributed by atoms with Gasteiger partial charge in [0.2, 0.25) is 0 Å². The lowest BCUT2D eigenvalue weighted by Gasteiger charge is -2.29. The van der Waals surface area contributed by atoms with E-state index in [0.29, 0.717) is 0 Å². The second-order valence-corrected chi connectivity index (χ2v) is 4.70. The Morgan fingerprint density at radius 3 is 2.25 bits per heavy atom. The Morgan fingerprint density at radius 2 is 1.81 bits per heavy atom. The molecule has 0 fully saturated rings. The minimum atomic E-state index is -0.590. The van der Waals surface area contributed by atoms with Gasteiger partial charge in [0, 0.05) is 7.11 Å². The van der Waals surface area contributed by atoms with Crippen LogP contribution in [0.1, 0.15) is 44.4 Å². The molecule has 90 valence electrons. The molecule has 0 aromatic heterocycles. The molecule has 2 heteroatoms. The first kappa shape index (κ1) is 13.2. The number of aliphatic hydroxyl groups is 1. The highest BCUT2D eigenvalue weighted by Crippen LogP contribution is 2.28. The van der Waals surface area contributed by atoms with E-state index in [1.54, 1.807) is 7.11 Å². The van der Waals surface area contributed by atoms with E-state index < -0.39 is 11.7 Å². The third-order valence-corrected chi connectivity index (χ3v) is 3.02. The van der Waals surface area contributed by atoms with E-state index in [1.807, 2.05) is 26.0 Å². The zero-order valence-electron chi connectivity index (χ0n) is 10.7. The monoisotopic (exact) mass is 222 g/mol. The average Bonchev–Trinajstić information content (AvgIpc) is 2.29. The standard InChI is InChI=1S/C14H22O2/c1-5-6-11-7-9-12(10-8-11)13(15)14(2,3)16-4/h7-10,13,15H,5-6H2,1-4H3. The van der Waals surface area contributed by atoms with Crippen LogP contribution in [0.2, 0.25) is 0 Å². The van der Waals surface area contributed by atoms with E-state index >= 15 is 0 Å². The average molecular weight is 222 g/mol. The summed E-state index contributed by atoms with van der Waals surface area (Å²) < 4.78 is 5.28. The molecule has 1 aromatic rings. The number of benzene rings is 1. The summed E-state index contributed by atoms with van der Waals surface area (Å²) >= 11 is 0. The molecule has 0 bridgehead atoms. The van der Waals surface area contributed by atoms with E-state index in [1.165, 1.54) is 5.56 Å². The van der Waals surface area contributed by atoms with Gasteiger partial charge in [0.25, 0.3) is 0 Å². The van der Waals surface area contributed by atoms with Crippen molar-refractivity contribution in [2.45, 2.75) is 45.3 Å². The number of hydrogen-bond donors (Lipinski definition) is 1. The van der Waals surface area contributed by atoms with Gasteiger partial charge in [-0.2, -0.15) is 0 Å². The predicted octanol–water partition coefficient (Wildman–Crippen LogP) is 3.10. The molecule has 1 atom stereocenters. The van der Waals surface area contributed by atoms with Gasteiger partial charge >= 0.3 is 0 Å². The minimum Gasteiger partial charge on any atom is -0.385 e. The van der Waals surface area contributed by atoms with E-state index in [4.69, 9.17) is 4.74 Å². The van der Waals surface area contributed by atoms with Gasteiger partial charge in [-0.15, -0.1) is 0 Å². The zero-order chi connectivity index (χ0) is 12.2. The molecule has 1 N–H and O–H groups in total. The van der Waals surface area contributed by atoms with Crippen molar-refractivity contribution in [1.82, 2.24) is 0 Å². The summed E-state index contributed by atoms with van der Waals surface area (Å²) in [7, 11) is 1.62. The number of ether oxygens (including phenoxy) is 1. The Kier molecular flexibility index (Phi) is 4.51. The van der Waals surface area contributed by atoms with E-state index in [-0.39, 0.29) is 0 Å². The van der Waals surface area contributed by atoms with Crippen LogP contribution in [-0.2, 0) is 11.2 Å². The van der Waals surface area contributed by atoms with Gasteiger partial charge in [0.1, 0.15) is 6.10 Å². The van der Waals surface area contributed by atoms with Gasteiger partial charge in [0.15, 0.2) is 0 Å². The maximum absolute atomic E-state index is 10.1. The van der Waals surface area contributed by atoms with Crippen molar-refractivity contribution in [3.63, 3.8) is 0 Å². The molecule has 0 aliphatic carbocycles. The molecule has 0 amide bonds. The van der Waals surface area contributed by atoms with Crippen LogP contribution in [0.3, 0.4) is 0 Å². The van der Waals surface area contributed by atoms with Crippen LogP contribution in [0.25, 0.3) is 0 Å². The number of methoxy groups -OCH3 is 1. The van der Waals surface area contributed by atoms with Gasteiger partial charge in [0.05, 0.1) is 5.60 Å². The van der Waals surface area contributed by atoms with Crippen molar-refractivity contribution in [2.75, 3.05) is 7.11 Å². The van der Waals surface area contributed by atoms with Crippen molar-refractivity contribution in [3.8, 4) is 0 Å². The summed E-state index contributed by atoms with van der Waals surface area (Å²) in [6.45, 7) is 5.94. The smallest absolute Gasteiger partial charge is 0.107 e. The number of rotatable bonds is 5. The molecule has 0 spiro atoms. The fourth-order valence-corrected chi connectivity index (χ4v) is 1.67. The summed E-state index contributed by atoms with van der Waals surface area (Å²) in [5.41, 5.74) is 1.67. The van der Waals surface area contributed by atoms with Crippen LogP contribution >= 0.6 is 0 Å². The Morgan fingerprint density at radius 1 is 1.25 bits per heavy atom. The Balaban J connectivity index is 2.81. The van der Waals surface area contributed by atoms with Crippen LogP contribution in [0.15, 0.2) is 24.3 Å². The third kappa shape index (κ3) is 3.06. The highest BCUT2D eigenvalue weighted by atomic mass is 16.5. The van der Waals surface area contributed by atoms with E-state index in [0.717, 1.165) is 18.4 Å². The molecular weight excluding hydrogens is 200 g/mol. The van der Waals surface area contributed by atoms with Gasteiger partial charge in [-0.05, 0) is 31.4 Å². The minimum absolute atomic E-state index is 0.549.